The van der Waals surface area contributed by atoms with E-state index >= 15 is 0 Å². The van der Waals surface area contributed by atoms with E-state index in [4.69, 9.17) is 14.1 Å². The summed E-state index contributed by atoms with van der Waals surface area (Å²) >= 11 is 3.07. The normalized spacial score (nSPS) is 9.36. The number of benzene rings is 2. The molecule has 1 amide bonds. The number of hydrogen-bond donors (Lipinski definition) is 4. The molecule has 4 N–H and O–H groups in total. The Bertz CT molecular complexity index is 824. The van der Waals surface area contributed by atoms with Crippen LogP contribution >= 0.6 is 24.0 Å². The fourth-order valence-electron chi connectivity index (χ4n) is 2.41. The Hall–Kier alpha value is -2.37. The SMILES string of the molecule is C=O.CCC(=O)NCCOSNCc1ccc(C)c(-c2ccccc2)c1.CCSC.CNCC(=O)O. The third-order valence-electron chi connectivity index (χ3n) is 4.23. The fraction of sp³-hybridized carbons (Fsp3) is 0.423. The predicted molar refractivity (Wildman–Crippen MR) is 153 cm³/mol. The molecule has 10 heteroatoms. The number of rotatable bonds is 12. The van der Waals surface area contributed by atoms with Gasteiger partial charge in [-0.15, -0.1) is 0 Å². The van der Waals surface area contributed by atoms with Crippen molar-refractivity contribution in [3.63, 3.8) is 0 Å². The van der Waals surface area contributed by atoms with Crippen molar-refractivity contribution in [3.8, 4) is 11.1 Å². The first-order valence-electron chi connectivity index (χ1n) is 11.5. The Balaban J connectivity index is 0. The lowest BCUT2D eigenvalue weighted by Crippen LogP contribution is -2.25. The van der Waals surface area contributed by atoms with Crippen LogP contribution in [0.2, 0.25) is 0 Å². The summed E-state index contributed by atoms with van der Waals surface area (Å²) in [6, 6.07) is 16.9. The quantitative estimate of drug-likeness (QED) is 0.178. The number of carbonyl (C=O) groups is 3. The molecule has 0 saturated heterocycles. The Morgan fingerprint density at radius 2 is 1.72 bits per heavy atom. The van der Waals surface area contributed by atoms with E-state index in [2.05, 4.69) is 77.9 Å². The lowest BCUT2D eigenvalue weighted by molar-refractivity contribution is -0.135. The van der Waals surface area contributed by atoms with E-state index in [1.165, 1.54) is 40.2 Å². The van der Waals surface area contributed by atoms with Crippen molar-refractivity contribution in [3.05, 3.63) is 59.7 Å². The highest BCUT2D eigenvalue weighted by Gasteiger charge is 2.03. The van der Waals surface area contributed by atoms with Crippen LogP contribution < -0.4 is 15.4 Å². The second-order valence-electron chi connectivity index (χ2n) is 6.95. The zero-order chi connectivity index (χ0) is 27.6. The number of nitrogens with one attached hydrogen (secondary N) is 3. The monoisotopic (exact) mass is 539 g/mol. The lowest BCUT2D eigenvalue weighted by Gasteiger charge is -2.10. The highest BCUT2D eigenvalue weighted by Crippen LogP contribution is 2.24. The molecular weight excluding hydrogens is 498 g/mol. The third-order valence-corrected chi connectivity index (χ3v) is 5.35. The summed E-state index contributed by atoms with van der Waals surface area (Å²) in [5.41, 5.74) is 4.95. The largest absolute Gasteiger partial charge is 0.480 e. The smallest absolute Gasteiger partial charge is 0.317 e. The second kappa shape index (κ2) is 25.7. The highest BCUT2D eigenvalue weighted by molar-refractivity contribution is 7.98. The van der Waals surface area contributed by atoms with Crippen LogP contribution in [0.3, 0.4) is 0 Å². The van der Waals surface area contributed by atoms with Crippen LogP contribution in [0.15, 0.2) is 48.5 Å². The van der Waals surface area contributed by atoms with Crippen molar-refractivity contribution in [1.29, 1.82) is 0 Å². The van der Waals surface area contributed by atoms with E-state index < -0.39 is 5.97 Å². The van der Waals surface area contributed by atoms with Gasteiger partial charge in [-0.05, 0) is 54.3 Å². The average molecular weight is 540 g/mol. The molecule has 36 heavy (non-hydrogen) atoms. The molecule has 0 fully saturated rings. The molecule has 0 aromatic heterocycles. The molecule has 0 unspecified atom stereocenters. The maximum absolute atomic E-state index is 11.1. The minimum absolute atomic E-state index is 0.0417. The Morgan fingerprint density at radius 3 is 2.22 bits per heavy atom. The number of aliphatic carboxylic acids is 1. The number of aryl methyl sites for hydroxylation is 1. The molecule has 0 aliphatic carbocycles. The number of hydrogen-bond acceptors (Lipinski definition) is 8. The highest BCUT2D eigenvalue weighted by atomic mass is 32.2. The molecule has 0 saturated carbocycles. The van der Waals surface area contributed by atoms with Crippen molar-refractivity contribution >= 4 is 42.7 Å². The first-order chi connectivity index (χ1) is 17.4. The number of carboxylic acid groups (broad SMARTS) is 1. The van der Waals surface area contributed by atoms with E-state index in [0.717, 1.165) is 0 Å². The van der Waals surface area contributed by atoms with Crippen LogP contribution in [0.4, 0.5) is 0 Å². The molecule has 0 atom stereocenters. The zero-order valence-corrected chi connectivity index (χ0v) is 23.6. The number of carbonyl (C=O) groups excluding carboxylic acids is 2. The molecule has 0 bridgehead atoms. The maximum atomic E-state index is 11.1. The summed E-state index contributed by atoms with van der Waals surface area (Å²) in [5, 5.41) is 13.1. The molecule has 0 aliphatic rings. The summed E-state index contributed by atoms with van der Waals surface area (Å²) in [6.45, 7) is 9.87. The second-order valence-corrected chi connectivity index (χ2v) is 8.79. The standard InChI is InChI=1S/C19H24N2O2S.C3H7NO2.C3H8S.CH2O/c1-3-19(22)20-11-12-23-24-21-14-16-10-9-15(2)18(13-16)17-7-5-4-6-8-17;1-4-2-3(5)6;1-3-4-2;1-2/h4-10,13,21H,3,11-12,14H2,1-2H3,(H,20,22);4H,2H2,1H3,(H,5,6);3H2,1-2H3;1H2. The average Bonchev–Trinajstić information content (AvgIpc) is 2.91. The number of thioether (sulfide) groups is 1. The summed E-state index contributed by atoms with van der Waals surface area (Å²) in [4.78, 5) is 28.6. The van der Waals surface area contributed by atoms with Crippen molar-refractivity contribution < 1.29 is 23.7 Å². The van der Waals surface area contributed by atoms with Gasteiger partial charge in [0.1, 0.15) is 6.79 Å². The van der Waals surface area contributed by atoms with E-state index in [-0.39, 0.29) is 12.5 Å². The molecule has 2 aromatic carbocycles. The van der Waals surface area contributed by atoms with Gasteiger partial charge in [0.05, 0.1) is 25.4 Å². The van der Waals surface area contributed by atoms with Crippen LogP contribution in [-0.4, -0.2) is 62.5 Å². The van der Waals surface area contributed by atoms with Gasteiger partial charge in [-0.25, -0.2) is 4.72 Å². The van der Waals surface area contributed by atoms with Gasteiger partial charge in [0, 0.05) is 19.5 Å². The van der Waals surface area contributed by atoms with Gasteiger partial charge >= 0.3 is 5.97 Å². The van der Waals surface area contributed by atoms with Crippen LogP contribution in [0, 0.1) is 6.92 Å². The Kier molecular flexibility index (Phi) is 25.6. The van der Waals surface area contributed by atoms with Gasteiger partial charge in [-0.3, -0.25) is 13.8 Å². The van der Waals surface area contributed by atoms with Crippen molar-refractivity contribution in [1.82, 2.24) is 15.4 Å². The number of amides is 1. The van der Waals surface area contributed by atoms with Gasteiger partial charge in [0.15, 0.2) is 0 Å². The van der Waals surface area contributed by atoms with Gasteiger partial charge in [0.2, 0.25) is 5.91 Å². The van der Waals surface area contributed by atoms with E-state index in [9.17, 15) is 9.59 Å². The lowest BCUT2D eigenvalue weighted by atomic mass is 9.98. The van der Waals surface area contributed by atoms with Gasteiger partial charge < -0.3 is 20.5 Å². The molecule has 0 spiro atoms. The minimum Gasteiger partial charge on any atom is -0.480 e. The van der Waals surface area contributed by atoms with Crippen LogP contribution in [-0.2, 0) is 25.1 Å². The summed E-state index contributed by atoms with van der Waals surface area (Å²) in [6.07, 6.45) is 2.60. The first-order valence-corrected chi connectivity index (χ1v) is 13.6. The molecular formula is C26H41N3O5S2. The number of likely N-dealkylation sites (N-methyl/N-ethyl adjacent to an activating group) is 1. The zero-order valence-electron chi connectivity index (χ0n) is 22.0. The summed E-state index contributed by atoms with van der Waals surface area (Å²) < 4.78 is 8.56. The van der Waals surface area contributed by atoms with Gasteiger partial charge in [-0.2, -0.15) is 11.8 Å². The number of carboxylic acids is 1. The summed E-state index contributed by atoms with van der Waals surface area (Å²) in [5.74, 6) is 0.460. The van der Waals surface area contributed by atoms with E-state index in [0.29, 0.717) is 26.1 Å². The van der Waals surface area contributed by atoms with Gasteiger partial charge in [-0.1, -0.05) is 56.3 Å². The van der Waals surface area contributed by atoms with Crippen molar-refractivity contribution in [2.24, 2.45) is 0 Å². The molecule has 0 aliphatic heterocycles. The van der Waals surface area contributed by atoms with Crippen molar-refractivity contribution in [2.45, 2.75) is 33.7 Å². The van der Waals surface area contributed by atoms with Crippen LogP contribution in [0.25, 0.3) is 11.1 Å². The molecule has 8 nitrogen and oxygen atoms in total. The van der Waals surface area contributed by atoms with E-state index in [1.54, 1.807) is 7.05 Å². The van der Waals surface area contributed by atoms with Crippen LogP contribution in [0.5, 0.6) is 0 Å². The first kappa shape index (κ1) is 35.8. The van der Waals surface area contributed by atoms with Crippen LogP contribution in [0.1, 0.15) is 31.4 Å². The maximum Gasteiger partial charge on any atom is 0.317 e. The minimum atomic E-state index is -0.822. The molecule has 202 valence electrons. The summed E-state index contributed by atoms with van der Waals surface area (Å²) in [7, 11) is 1.59. The molecule has 2 rings (SSSR count). The third kappa shape index (κ3) is 19.9. The Morgan fingerprint density at radius 1 is 1.08 bits per heavy atom. The molecule has 2 aromatic rings. The van der Waals surface area contributed by atoms with Crippen molar-refractivity contribution in [2.75, 3.05) is 38.8 Å². The molecule has 0 heterocycles. The van der Waals surface area contributed by atoms with E-state index in [1.807, 2.05) is 31.5 Å². The van der Waals surface area contributed by atoms with Gasteiger partial charge in [0.25, 0.3) is 0 Å². The fourth-order valence-corrected chi connectivity index (χ4v) is 2.89. The predicted octanol–water partition coefficient (Wildman–Crippen LogP) is 4.33. The topological polar surface area (TPSA) is 117 Å². The molecule has 0 radical (unpaired) electrons. The Labute approximate surface area is 224 Å².